The molecular formula is C36H20BN. The molecule has 0 fully saturated rings. The summed E-state index contributed by atoms with van der Waals surface area (Å²) in [5, 5.41) is 7.41. The van der Waals surface area contributed by atoms with E-state index in [9.17, 15) is 0 Å². The van der Waals surface area contributed by atoms with Crippen molar-refractivity contribution in [2.75, 3.05) is 4.81 Å². The van der Waals surface area contributed by atoms with Crippen molar-refractivity contribution in [2.24, 2.45) is 0 Å². The summed E-state index contributed by atoms with van der Waals surface area (Å²) in [7, 11) is 0. The van der Waals surface area contributed by atoms with E-state index >= 15 is 0 Å². The summed E-state index contributed by atoms with van der Waals surface area (Å²) in [6.45, 7) is 0.0867. The molecule has 0 radical (unpaired) electrons. The van der Waals surface area contributed by atoms with Gasteiger partial charge in [-0.3, -0.25) is 0 Å². The predicted octanol–water partition coefficient (Wildman–Crippen LogP) is 7.65. The molecule has 7 aromatic carbocycles. The average Bonchev–Trinajstić information content (AvgIpc) is 2.98. The number of nitrogens with zero attached hydrogens (tertiary/aromatic N) is 1. The lowest BCUT2D eigenvalue weighted by Gasteiger charge is -2.44. The molecule has 172 valence electrons. The van der Waals surface area contributed by atoms with E-state index in [0.717, 1.165) is 5.39 Å². The molecule has 0 unspecified atom stereocenters. The zero-order valence-corrected chi connectivity index (χ0v) is 20.6. The van der Waals surface area contributed by atoms with Gasteiger partial charge in [-0.1, -0.05) is 97.1 Å². The second-order valence-electron chi connectivity index (χ2n) is 10.4. The second-order valence-corrected chi connectivity index (χ2v) is 10.4. The Morgan fingerprint density at radius 3 is 2.18 bits per heavy atom. The van der Waals surface area contributed by atoms with Gasteiger partial charge < -0.3 is 4.81 Å². The standard InChI is InChI=1S/C36H20BN/c1-3-12-26-21-34-30(19-24(26)10-1)29-15-7-8-16-32(29)37-33-18-17-23-9-5-6-14-28(23)36(33)31-20-25-11-2-4-13-27(25)22-35(31)38(34)37/h2-9,11-22H. The quantitative estimate of drug-likeness (QED) is 0.203. The fraction of sp³-hybridized carbons (Fsp3) is 0. The topological polar surface area (TPSA) is 3.24 Å². The van der Waals surface area contributed by atoms with Crippen LogP contribution in [0.1, 0.15) is 0 Å². The maximum Gasteiger partial charge on any atom is 0.329 e. The monoisotopic (exact) mass is 477 g/mol. The minimum absolute atomic E-state index is 0.0867. The second kappa shape index (κ2) is 7.28. The Kier molecular flexibility index (Phi) is 3.85. The van der Waals surface area contributed by atoms with Crippen LogP contribution in [0.15, 0.2) is 121 Å². The van der Waals surface area contributed by atoms with Gasteiger partial charge in [-0.25, -0.2) is 0 Å². The molecule has 0 saturated heterocycles. The molecule has 0 bridgehead atoms. The normalized spacial score (nSPS) is 12.9. The van der Waals surface area contributed by atoms with Crippen LogP contribution in [0.25, 0.3) is 54.6 Å². The molecule has 0 amide bonds. The molecule has 2 aliphatic rings. The third-order valence-corrected chi connectivity index (χ3v) is 8.43. The molecule has 0 spiro atoms. The number of benzene rings is 6. The molecule has 0 N–H and O–H groups in total. The van der Waals surface area contributed by atoms with E-state index in [1.165, 1.54) is 71.5 Å². The molecule has 38 heavy (non-hydrogen) atoms. The van der Waals surface area contributed by atoms with Crippen LogP contribution in [-0.2, 0) is 0 Å². The third kappa shape index (κ3) is 2.58. The molecular weight excluding hydrogens is 457 g/mol. The number of fused-ring (bicyclic) bond motifs is 15. The number of hydrogen-bond acceptors (Lipinski definition) is 1. The Morgan fingerprint density at radius 1 is 0.526 bits per heavy atom. The van der Waals surface area contributed by atoms with Gasteiger partial charge in [-0.15, -0.1) is 0 Å². The molecule has 0 atom stereocenters. The Labute approximate surface area is 221 Å². The largest absolute Gasteiger partial charge is 0.376 e. The Hall–Kier alpha value is -5.00. The Balaban J connectivity index is 1.48. The highest BCUT2D eigenvalue weighted by molar-refractivity contribution is 6.92. The van der Waals surface area contributed by atoms with Gasteiger partial charge in [0.15, 0.2) is 0 Å². The molecule has 1 nitrogen and oxygen atoms in total. The van der Waals surface area contributed by atoms with Crippen LogP contribution in [0, 0.1) is 12.1 Å². The minimum Gasteiger partial charge on any atom is -0.376 e. The molecule has 0 saturated carbocycles. The lowest BCUT2D eigenvalue weighted by Crippen LogP contribution is -2.59. The van der Waals surface area contributed by atoms with Crippen LogP contribution < -0.4 is 15.7 Å². The SMILES string of the molecule is c1ccc2cc3c(cc2c#1)-c1ccccc1B1c2ccc4ccccc4c2-c2cc4ccccc4cc2N13. The third-order valence-electron chi connectivity index (χ3n) is 8.43. The highest BCUT2D eigenvalue weighted by atomic mass is 15.1. The molecule has 0 aromatic heterocycles. The van der Waals surface area contributed by atoms with Gasteiger partial charge >= 0.3 is 6.85 Å². The highest BCUT2D eigenvalue weighted by Gasteiger charge is 2.42. The Bertz CT molecular complexity index is 2110. The van der Waals surface area contributed by atoms with Crippen molar-refractivity contribution in [3.05, 3.63) is 133 Å². The van der Waals surface area contributed by atoms with Crippen molar-refractivity contribution in [1.29, 1.82) is 0 Å². The maximum absolute atomic E-state index is 3.34. The van der Waals surface area contributed by atoms with Crippen LogP contribution >= 0.6 is 0 Å². The van der Waals surface area contributed by atoms with E-state index in [4.69, 9.17) is 0 Å². The summed E-state index contributed by atoms with van der Waals surface area (Å²) in [5.74, 6) is 0. The summed E-state index contributed by atoms with van der Waals surface area (Å²) in [5.41, 5.74) is 10.4. The van der Waals surface area contributed by atoms with Crippen LogP contribution in [0.5, 0.6) is 0 Å². The first-order chi connectivity index (χ1) is 18.8. The molecule has 2 aliphatic heterocycles. The number of hydrogen-bond donors (Lipinski definition) is 0. The molecule has 2 heteroatoms. The minimum atomic E-state index is 0.0867. The summed E-state index contributed by atoms with van der Waals surface area (Å²) in [6, 6.07) is 51.2. The van der Waals surface area contributed by atoms with Gasteiger partial charge in [0.05, 0.1) is 0 Å². The van der Waals surface area contributed by atoms with Gasteiger partial charge in [0.1, 0.15) is 0 Å². The van der Waals surface area contributed by atoms with Crippen LogP contribution in [-0.4, -0.2) is 6.85 Å². The summed E-state index contributed by atoms with van der Waals surface area (Å²) < 4.78 is 0. The summed E-state index contributed by atoms with van der Waals surface area (Å²) >= 11 is 0. The van der Waals surface area contributed by atoms with E-state index in [0.29, 0.717) is 0 Å². The predicted molar refractivity (Wildman–Crippen MR) is 161 cm³/mol. The molecule has 9 rings (SSSR count). The first-order valence-corrected chi connectivity index (χ1v) is 13.1. The van der Waals surface area contributed by atoms with Gasteiger partial charge in [0.25, 0.3) is 0 Å². The van der Waals surface area contributed by atoms with Gasteiger partial charge in [-0.2, -0.15) is 0 Å². The summed E-state index contributed by atoms with van der Waals surface area (Å²) in [6.07, 6.45) is 0. The van der Waals surface area contributed by atoms with Gasteiger partial charge in [-0.05, 0) is 85.4 Å². The highest BCUT2D eigenvalue weighted by Crippen LogP contribution is 2.49. The summed E-state index contributed by atoms with van der Waals surface area (Å²) in [4.78, 5) is 2.59. The Morgan fingerprint density at radius 2 is 1.26 bits per heavy atom. The fourth-order valence-corrected chi connectivity index (χ4v) is 6.80. The van der Waals surface area contributed by atoms with Crippen molar-refractivity contribution in [3.8, 4) is 22.3 Å². The van der Waals surface area contributed by atoms with Crippen molar-refractivity contribution in [2.45, 2.75) is 0 Å². The lowest BCUT2D eigenvalue weighted by molar-refractivity contribution is 1.37. The molecule has 2 heterocycles. The van der Waals surface area contributed by atoms with E-state index < -0.39 is 0 Å². The van der Waals surface area contributed by atoms with Crippen LogP contribution in [0.2, 0.25) is 0 Å². The smallest absolute Gasteiger partial charge is 0.329 e. The van der Waals surface area contributed by atoms with Crippen LogP contribution in [0.4, 0.5) is 11.4 Å². The zero-order valence-electron chi connectivity index (χ0n) is 20.6. The number of rotatable bonds is 0. The van der Waals surface area contributed by atoms with E-state index in [1.807, 2.05) is 6.07 Å². The van der Waals surface area contributed by atoms with Crippen molar-refractivity contribution in [1.82, 2.24) is 0 Å². The fourth-order valence-electron chi connectivity index (χ4n) is 6.80. The van der Waals surface area contributed by atoms with Crippen molar-refractivity contribution < 1.29 is 0 Å². The van der Waals surface area contributed by atoms with Crippen LogP contribution in [0.3, 0.4) is 0 Å². The van der Waals surface area contributed by atoms with Gasteiger partial charge in [0, 0.05) is 27.9 Å². The first-order valence-electron chi connectivity index (χ1n) is 13.1. The van der Waals surface area contributed by atoms with Gasteiger partial charge in [0.2, 0.25) is 0 Å². The molecule has 0 aliphatic carbocycles. The zero-order chi connectivity index (χ0) is 24.8. The maximum atomic E-state index is 3.34. The average molecular weight is 477 g/mol. The first kappa shape index (κ1) is 20.1. The molecule has 7 aromatic rings. The number of anilines is 2. The van der Waals surface area contributed by atoms with Crippen molar-refractivity contribution >= 4 is 61.5 Å². The van der Waals surface area contributed by atoms with E-state index in [-0.39, 0.29) is 6.85 Å². The van der Waals surface area contributed by atoms with Crippen molar-refractivity contribution in [3.63, 3.8) is 0 Å². The van der Waals surface area contributed by atoms with E-state index in [2.05, 4.69) is 132 Å². The lowest BCUT2D eigenvalue weighted by atomic mass is 9.43. The van der Waals surface area contributed by atoms with E-state index in [1.54, 1.807) is 0 Å².